The molecule has 1 aliphatic heterocycles. The van der Waals surface area contributed by atoms with Gasteiger partial charge in [-0.3, -0.25) is 9.48 Å². The summed E-state index contributed by atoms with van der Waals surface area (Å²) in [6.45, 7) is 3.24. The standard InChI is InChI=1S/C19H22N4O3S/c1-12-10-16(22(2)21-12)18(24)23-8-6-13(7-9-23)26-19-20-15-5-4-14(25-3)11-17(15)27-19/h4-5,10-11,13H,6-9H2,1-3H3. The first kappa shape index (κ1) is 17.8. The predicted octanol–water partition coefficient (Wildman–Crippen LogP) is 3.03. The number of hydrogen-bond donors (Lipinski definition) is 0. The maximum Gasteiger partial charge on any atom is 0.274 e. The van der Waals surface area contributed by atoms with Gasteiger partial charge in [0.05, 0.1) is 23.0 Å². The molecule has 0 saturated carbocycles. The van der Waals surface area contributed by atoms with Gasteiger partial charge >= 0.3 is 0 Å². The van der Waals surface area contributed by atoms with Crippen LogP contribution in [0.15, 0.2) is 24.3 Å². The van der Waals surface area contributed by atoms with E-state index in [1.165, 1.54) is 11.3 Å². The van der Waals surface area contributed by atoms with Crippen LogP contribution in [0.3, 0.4) is 0 Å². The molecule has 1 saturated heterocycles. The van der Waals surface area contributed by atoms with Crippen LogP contribution in [0.2, 0.25) is 0 Å². The van der Waals surface area contributed by atoms with E-state index in [2.05, 4.69) is 10.1 Å². The maximum atomic E-state index is 12.7. The van der Waals surface area contributed by atoms with Gasteiger partial charge in [-0.2, -0.15) is 5.10 Å². The molecule has 1 aromatic carbocycles. The normalized spacial score (nSPS) is 15.3. The van der Waals surface area contributed by atoms with Gasteiger partial charge in [-0.15, -0.1) is 0 Å². The number of aromatic nitrogens is 3. The molecule has 0 spiro atoms. The average Bonchev–Trinajstić information content (AvgIpc) is 3.22. The van der Waals surface area contributed by atoms with Gasteiger partial charge in [-0.05, 0) is 31.2 Å². The highest BCUT2D eigenvalue weighted by Crippen LogP contribution is 2.32. The van der Waals surface area contributed by atoms with E-state index in [4.69, 9.17) is 9.47 Å². The van der Waals surface area contributed by atoms with Crippen LogP contribution in [-0.2, 0) is 7.05 Å². The number of carbonyl (C=O) groups excluding carboxylic acids is 1. The van der Waals surface area contributed by atoms with Crippen molar-refractivity contribution in [2.45, 2.75) is 25.9 Å². The zero-order valence-electron chi connectivity index (χ0n) is 15.6. The molecule has 3 aromatic rings. The van der Waals surface area contributed by atoms with E-state index in [9.17, 15) is 4.79 Å². The highest BCUT2D eigenvalue weighted by molar-refractivity contribution is 7.20. The number of likely N-dealkylation sites (tertiary alicyclic amines) is 1. The van der Waals surface area contributed by atoms with Gasteiger partial charge in [-0.25, -0.2) is 4.98 Å². The molecule has 7 nitrogen and oxygen atoms in total. The molecule has 0 N–H and O–H groups in total. The van der Waals surface area contributed by atoms with Crippen LogP contribution in [-0.4, -0.2) is 51.9 Å². The zero-order valence-corrected chi connectivity index (χ0v) is 16.5. The van der Waals surface area contributed by atoms with E-state index in [0.29, 0.717) is 24.0 Å². The number of aryl methyl sites for hydroxylation is 2. The van der Waals surface area contributed by atoms with Crippen LogP contribution in [0.5, 0.6) is 10.9 Å². The molecular formula is C19H22N4O3S. The third-order valence-corrected chi connectivity index (χ3v) is 5.70. The summed E-state index contributed by atoms with van der Waals surface area (Å²) in [7, 11) is 3.46. The number of carbonyl (C=O) groups is 1. The molecule has 1 amide bonds. The summed E-state index contributed by atoms with van der Waals surface area (Å²) in [6, 6.07) is 7.64. The highest BCUT2D eigenvalue weighted by Gasteiger charge is 2.27. The van der Waals surface area contributed by atoms with E-state index < -0.39 is 0 Å². The quantitative estimate of drug-likeness (QED) is 0.689. The van der Waals surface area contributed by atoms with E-state index in [0.717, 1.165) is 34.5 Å². The Kier molecular flexibility index (Phi) is 4.73. The number of amides is 1. The van der Waals surface area contributed by atoms with Crippen molar-refractivity contribution in [3.63, 3.8) is 0 Å². The van der Waals surface area contributed by atoms with Crippen molar-refractivity contribution >= 4 is 27.5 Å². The molecule has 1 aliphatic rings. The summed E-state index contributed by atoms with van der Waals surface area (Å²) >= 11 is 1.52. The van der Waals surface area contributed by atoms with Crippen molar-refractivity contribution in [3.05, 3.63) is 35.7 Å². The third-order valence-electron chi connectivity index (χ3n) is 4.79. The number of hydrogen-bond acceptors (Lipinski definition) is 6. The molecule has 142 valence electrons. The summed E-state index contributed by atoms with van der Waals surface area (Å²) in [6.07, 6.45) is 1.66. The first-order valence-corrected chi connectivity index (χ1v) is 9.76. The van der Waals surface area contributed by atoms with E-state index >= 15 is 0 Å². The van der Waals surface area contributed by atoms with Gasteiger partial charge < -0.3 is 14.4 Å². The van der Waals surface area contributed by atoms with Crippen LogP contribution >= 0.6 is 11.3 Å². The van der Waals surface area contributed by atoms with Gasteiger partial charge in [0.15, 0.2) is 0 Å². The van der Waals surface area contributed by atoms with Gasteiger partial charge in [0.25, 0.3) is 11.1 Å². The van der Waals surface area contributed by atoms with Gasteiger partial charge in [-0.1, -0.05) is 11.3 Å². The number of thiazole rings is 1. The Labute approximate surface area is 161 Å². The van der Waals surface area contributed by atoms with Crippen LogP contribution in [0.1, 0.15) is 29.0 Å². The van der Waals surface area contributed by atoms with Gasteiger partial charge in [0.2, 0.25) is 0 Å². The summed E-state index contributed by atoms with van der Waals surface area (Å²) in [5.41, 5.74) is 2.40. The molecule has 27 heavy (non-hydrogen) atoms. The molecule has 4 rings (SSSR count). The van der Waals surface area contributed by atoms with Crippen molar-refractivity contribution in [2.75, 3.05) is 20.2 Å². The molecule has 3 heterocycles. The van der Waals surface area contributed by atoms with Crippen molar-refractivity contribution in [2.24, 2.45) is 7.05 Å². The summed E-state index contributed by atoms with van der Waals surface area (Å²) in [5.74, 6) is 0.846. The topological polar surface area (TPSA) is 69.5 Å². The third kappa shape index (κ3) is 3.62. The Morgan fingerprint density at radius 2 is 2.04 bits per heavy atom. The fourth-order valence-electron chi connectivity index (χ4n) is 3.35. The minimum absolute atomic E-state index is 0.0311. The second-order valence-corrected chi connectivity index (χ2v) is 7.71. The lowest BCUT2D eigenvalue weighted by Crippen LogP contribution is -2.42. The number of piperidine rings is 1. The number of ether oxygens (including phenoxy) is 2. The number of benzene rings is 1. The lowest BCUT2D eigenvalue weighted by molar-refractivity contribution is 0.0585. The average molecular weight is 386 g/mol. The predicted molar refractivity (Wildman–Crippen MR) is 104 cm³/mol. The Morgan fingerprint density at radius 1 is 1.26 bits per heavy atom. The molecule has 8 heteroatoms. The van der Waals surface area contributed by atoms with Crippen molar-refractivity contribution < 1.29 is 14.3 Å². The maximum absolute atomic E-state index is 12.7. The minimum Gasteiger partial charge on any atom is -0.497 e. The number of methoxy groups -OCH3 is 1. The van der Waals surface area contributed by atoms with Crippen LogP contribution < -0.4 is 9.47 Å². The van der Waals surface area contributed by atoms with Crippen molar-refractivity contribution in [3.8, 4) is 10.9 Å². The SMILES string of the molecule is COc1ccc2nc(OC3CCN(C(=O)c4cc(C)nn4C)CC3)sc2c1. The Hall–Kier alpha value is -2.61. The number of rotatable bonds is 4. The molecule has 0 atom stereocenters. The largest absolute Gasteiger partial charge is 0.497 e. The van der Waals surface area contributed by atoms with Crippen molar-refractivity contribution in [1.82, 2.24) is 19.7 Å². The first-order chi connectivity index (χ1) is 13.0. The van der Waals surface area contributed by atoms with E-state index in [1.807, 2.05) is 36.1 Å². The summed E-state index contributed by atoms with van der Waals surface area (Å²) in [5, 5.41) is 4.93. The van der Waals surface area contributed by atoms with E-state index in [1.54, 1.807) is 18.8 Å². The van der Waals surface area contributed by atoms with Crippen LogP contribution in [0.25, 0.3) is 10.2 Å². The number of nitrogens with zero attached hydrogens (tertiary/aromatic N) is 4. The second kappa shape index (κ2) is 7.19. The first-order valence-electron chi connectivity index (χ1n) is 8.94. The van der Waals surface area contributed by atoms with E-state index in [-0.39, 0.29) is 12.0 Å². The summed E-state index contributed by atoms with van der Waals surface area (Å²) < 4.78 is 14.0. The Balaban J connectivity index is 1.38. The molecule has 2 aromatic heterocycles. The lowest BCUT2D eigenvalue weighted by atomic mass is 10.1. The lowest BCUT2D eigenvalue weighted by Gasteiger charge is -2.31. The molecule has 0 aliphatic carbocycles. The minimum atomic E-state index is 0.0311. The van der Waals surface area contributed by atoms with Crippen LogP contribution in [0.4, 0.5) is 0 Å². The fraction of sp³-hybridized carbons (Fsp3) is 0.421. The smallest absolute Gasteiger partial charge is 0.274 e. The molecular weight excluding hydrogens is 364 g/mol. The molecule has 1 fully saturated rings. The number of fused-ring (bicyclic) bond motifs is 1. The van der Waals surface area contributed by atoms with Crippen LogP contribution in [0, 0.1) is 6.92 Å². The van der Waals surface area contributed by atoms with Gasteiger partial charge in [0, 0.05) is 33.0 Å². The molecule has 0 bridgehead atoms. The zero-order chi connectivity index (χ0) is 19.0. The summed E-state index contributed by atoms with van der Waals surface area (Å²) in [4.78, 5) is 19.1. The Morgan fingerprint density at radius 3 is 2.70 bits per heavy atom. The highest BCUT2D eigenvalue weighted by atomic mass is 32.1. The van der Waals surface area contributed by atoms with Crippen molar-refractivity contribution in [1.29, 1.82) is 0 Å². The second-order valence-electron chi connectivity index (χ2n) is 6.72. The monoisotopic (exact) mass is 386 g/mol. The Bertz CT molecular complexity index is 973. The molecule has 0 unspecified atom stereocenters. The molecule has 0 radical (unpaired) electrons. The van der Waals surface area contributed by atoms with Gasteiger partial charge in [0.1, 0.15) is 17.5 Å². The fourth-order valence-corrected chi connectivity index (χ4v) is 4.26.